The first-order valence-corrected chi connectivity index (χ1v) is 14.6. The Labute approximate surface area is 255 Å². The van der Waals surface area contributed by atoms with Gasteiger partial charge in [-0.15, -0.1) is 5.10 Å². The van der Waals surface area contributed by atoms with Gasteiger partial charge in [-0.25, -0.2) is 8.78 Å². The van der Waals surface area contributed by atoms with E-state index in [1.807, 2.05) is 13.8 Å². The Hall–Kier alpha value is -3.79. The molecule has 0 aromatic carbocycles. The van der Waals surface area contributed by atoms with E-state index in [1.165, 1.54) is 20.9 Å². The van der Waals surface area contributed by atoms with Gasteiger partial charge in [-0.05, 0) is 36.0 Å². The van der Waals surface area contributed by atoms with Crippen LogP contribution in [0.5, 0.6) is 5.88 Å². The fourth-order valence-corrected chi connectivity index (χ4v) is 6.39. The molecule has 0 radical (unpaired) electrons. The van der Waals surface area contributed by atoms with E-state index in [2.05, 4.69) is 15.7 Å². The molecule has 2 saturated heterocycles. The number of rotatable bonds is 12. The number of carbonyl (C=O) groups is 5. The monoisotopic (exact) mass is 648 g/mol. The molecule has 2 aliphatic heterocycles. The van der Waals surface area contributed by atoms with Crippen LogP contribution in [0.2, 0.25) is 0 Å². The number of hydrogen-bond donors (Lipinski definition) is 3. The highest BCUT2D eigenvalue weighted by atomic mass is 19.4. The van der Waals surface area contributed by atoms with E-state index in [1.54, 1.807) is 5.32 Å². The SMILES string of the molecule is CC(C)[C@H](NC(=O)C(F)(F)F)C(=O)N1C[C@H]2[C@@H]([C@H]1C(=O)N[C@@H](C[C@@H]1CCNC1=O)C(=O)COc1cc(C(F)F)n(C)n1)C2(C)C. The van der Waals surface area contributed by atoms with E-state index in [0.717, 1.165) is 15.6 Å². The van der Waals surface area contributed by atoms with Crippen LogP contribution in [0, 0.1) is 29.1 Å². The van der Waals surface area contributed by atoms with E-state index in [9.17, 15) is 45.9 Å². The van der Waals surface area contributed by atoms with Crippen LogP contribution >= 0.6 is 0 Å². The van der Waals surface area contributed by atoms with Crippen molar-refractivity contribution in [1.29, 1.82) is 0 Å². The third-order valence-corrected chi connectivity index (χ3v) is 9.10. The average Bonchev–Trinajstić information content (AvgIpc) is 3.42. The van der Waals surface area contributed by atoms with Crippen molar-refractivity contribution in [1.82, 2.24) is 30.6 Å². The molecule has 6 atom stereocenters. The molecule has 3 N–H and O–H groups in total. The maximum absolute atomic E-state index is 13.9. The van der Waals surface area contributed by atoms with Gasteiger partial charge >= 0.3 is 12.1 Å². The summed E-state index contributed by atoms with van der Waals surface area (Å²) < 4.78 is 71.6. The number of ether oxygens (including phenoxy) is 1. The molecule has 1 aliphatic carbocycles. The molecule has 3 heterocycles. The fourth-order valence-electron chi connectivity index (χ4n) is 6.39. The summed E-state index contributed by atoms with van der Waals surface area (Å²) in [6, 6.07) is -3.05. The Bertz CT molecular complexity index is 1350. The zero-order valence-electron chi connectivity index (χ0n) is 25.4. The number of halogens is 5. The number of piperidine rings is 1. The van der Waals surface area contributed by atoms with Crippen LogP contribution in [-0.2, 0) is 31.0 Å². The lowest BCUT2D eigenvalue weighted by Crippen LogP contribution is -2.59. The second-order valence-electron chi connectivity index (χ2n) is 12.7. The van der Waals surface area contributed by atoms with E-state index < -0.39 is 83.8 Å². The number of nitrogens with zero attached hydrogens (tertiary/aromatic N) is 3. The molecule has 250 valence electrons. The largest absolute Gasteiger partial charge is 0.471 e. The summed E-state index contributed by atoms with van der Waals surface area (Å²) in [5.74, 6) is -7.07. The van der Waals surface area contributed by atoms with Gasteiger partial charge in [0.25, 0.3) is 6.43 Å². The molecule has 0 bridgehead atoms. The lowest BCUT2D eigenvalue weighted by Gasteiger charge is -2.35. The Balaban J connectivity index is 1.54. The Morgan fingerprint density at radius 1 is 1.18 bits per heavy atom. The number of aryl methyl sites for hydroxylation is 1. The Morgan fingerprint density at radius 3 is 2.38 bits per heavy atom. The highest BCUT2D eigenvalue weighted by molar-refractivity contribution is 5.97. The van der Waals surface area contributed by atoms with Crippen molar-refractivity contribution in [2.75, 3.05) is 19.7 Å². The number of carbonyl (C=O) groups excluding carboxylic acids is 5. The predicted molar refractivity (Wildman–Crippen MR) is 145 cm³/mol. The van der Waals surface area contributed by atoms with Crippen LogP contribution in [-0.4, -0.2) is 88.1 Å². The van der Waals surface area contributed by atoms with Crippen LogP contribution in [0.3, 0.4) is 0 Å². The van der Waals surface area contributed by atoms with Gasteiger partial charge in [0.15, 0.2) is 12.4 Å². The highest BCUT2D eigenvalue weighted by Gasteiger charge is 2.69. The topological polar surface area (TPSA) is 152 Å². The van der Waals surface area contributed by atoms with Crippen molar-refractivity contribution in [2.45, 2.75) is 71.3 Å². The summed E-state index contributed by atoms with van der Waals surface area (Å²) in [6.45, 7) is 6.43. The van der Waals surface area contributed by atoms with Gasteiger partial charge in [-0.1, -0.05) is 27.7 Å². The summed E-state index contributed by atoms with van der Waals surface area (Å²) in [7, 11) is 1.28. The molecule has 12 nitrogen and oxygen atoms in total. The molecule has 0 unspecified atom stereocenters. The maximum Gasteiger partial charge on any atom is 0.471 e. The van der Waals surface area contributed by atoms with Gasteiger partial charge in [-0.2, -0.15) is 13.2 Å². The average molecular weight is 649 g/mol. The number of aromatic nitrogens is 2. The first-order chi connectivity index (χ1) is 20.8. The minimum absolute atomic E-state index is 0.0542. The normalized spacial score (nSPS) is 25.1. The zero-order chi connectivity index (χ0) is 33.6. The van der Waals surface area contributed by atoms with Crippen molar-refractivity contribution in [3.05, 3.63) is 11.8 Å². The van der Waals surface area contributed by atoms with E-state index in [-0.39, 0.29) is 36.6 Å². The van der Waals surface area contributed by atoms with Gasteiger partial charge in [0, 0.05) is 32.1 Å². The van der Waals surface area contributed by atoms with Crippen molar-refractivity contribution < 1.29 is 50.7 Å². The van der Waals surface area contributed by atoms with E-state index in [4.69, 9.17) is 4.74 Å². The lowest BCUT2D eigenvalue weighted by molar-refractivity contribution is -0.175. The van der Waals surface area contributed by atoms with Gasteiger partial charge in [0.1, 0.15) is 17.8 Å². The molecule has 17 heteroatoms. The number of alkyl halides is 5. The third kappa shape index (κ3) is 7.06. The van der Waals surface area contributed by atoms with Gasteiger partial charge in [0.2, 0.25) is 23.6 Å². The number of ketones is 1. The second kappa shape index (κ2) is 12.5. The van der Waals surface area contributed by atoms with Gasteiger partial charge in [-0.3, -0.25) is 28.7 Å². The number of Topliss-reactive ketones (excluding diaryl/α,β-unsaturated/α-hetero) is 1. The summed E-state index contributed by atoms with van der Waals surface area (Å²) in [5.41, 5.74) is -0.833. The second-order valence-corrected chi connectivity index (χ2v) is 12.7. The molecule has 3 fully saturated rings. The quantitative estimate of drug-likeness (QED) is 0.291. The first kappa shape index (κ1) is 34.1. The molecule has 3 aliphatic rings. The molecule has 4 amide bonds. The summed E-state index contributed by atoms with van der Waals surface area (Å²) >= 11 is 0. The number of amides is 4. The number of hydrogen-bond acceptors (Lipinski definition) is 7. The van der Waals surface area contributed by atoms with Crippen molar-refractivity contribution in [2.24, 2.45) is 36.1 Å². The Morgan fingerprint density at radius 2 is 1.84 bits per heavy atom. The molecule has 1 saturated carbocycles. The summed E-state index contributed by atoms with van der Waals surface area (Å²) in [6.07, 6.45) is -7.79. The minimum Gasteiger partial charge on any atom is -0.469 e. The van der Waals surface area contributed by atoms with Crippen LogP contribution < -0.4 is 20.7 Å². The minimum atomic E-state index is -5.22. The molecule has 4 rings (SSSR count). The predicted octanol–water partition coefficient (Wildman–Crippen LogP) is 1.50. The van der Waals surface area contributed by atoms with Gasteiger partial charge in [0.05, 0.1) is 6.04 Å². The smallest absolute Gasteiger partial charge is 0.469 e. The Kier molecular flexibility index (Phi) is 9.50. The van der Waals surface area contributed by atoms with Crippen molar-refractivity contribution in [3.63, 3.8) is 0 Å². The van der Waals surface area contributed by atoms with E-state index >= 15 is 0 Å². The fraction of sp³-hybridized carbons (Fsp3) is 0.714. The molecule has 45 heavy (non-hydrogen) atoms. The van der Waals surface area contributed by atoms with Crippen molar-refractivity contribution >= 4 is 29.4 Å². The van der Waals surface area contributed by atoms with Crippen molar-refractivity contribution in [3.8, 4) is 5.88 Å². The van der Waals surface area contributed by atoms with Crippen LogP contribution in [0.25, 0.3) is 0 Å². The summed E-state index contributed by atoms with van der Waals surface area (Å²) in [5, 5.41) is 10.8. The third-order valence-electron chi connectivity index (χ3n) is 9.10. The van der Waals surface area contributed by atoms with Gasteiger partial charge < -0.3 is 25.6 Å². The van der Waals surface area contributed by atoms with E-state index in [0.29, 0.717) is 13.0 Å². The number of nitrogens with one attached hydrogen (secondary N) is 3. The lowest BCUT2D eigenvalue weighted by atomic mass is 9.94. The molecule has 1 aromatic heterocycles. The van der Waals surface area contributed by atoms with Crippen LogP contribution in [0.1, 0.15) is 52.7 Å². The van der Waals surface area contributed by atoms with Crippen LogP contribution in [0.4, 0.5) is 22.0 Å². The highest BCUT2D eigenvalue weighted by Crippen LogP contribution is 2.65. The molecular formula is C28H37F5N6O6. The molecular weight excluding hydrogens is 611 g/mol. The standard InChI is InChI=1S/C28H37F5N6O6/c1-12(2)20(36-26(44)28(31,32)33)25(43)39-10-14-19(27(14,3)4)21(39)24(42)35-15(8-13-6-7-34-23(13)41)17(40)11-45-18-9-16(22(29)30)38(5)37-18/h9,12-15,19-22H,6-8,10-11H2,1-5H3,(H,34,41)(H,35,42)(H,36,44)/t13-,14-,15-,19-,20-,21-/m0/s1. The zero-order valence-corrected chi connectivity index (χ0v) is 25.4. The molecule has 0 spiro atoms. The maximum atomic E-state index is 13.9. The van der Waals surface area contributed by atoms with Crippen LogP contribution in [0.15, 0.2) is 6.07 Å². The number of fused-ring (bicyclic) bond motifs is 1. The number of likely N-dealkylation sites (tertiary alicyclic amines) is 1. The first-order valence-electron chi connectivity index (χ1n) is 14.6. The molecule has 1 aromatic rings. The summed E-state index contributed by atoms with van der Waals surface area (Å²) in [4.78, 5) is 66.0.